The number of fused-ring (bicyclic) bond motifs is 1. The van der Waals surface area contributed by atoms with E-state index in [1.165, 1.54) is 23.5 Å². The number of hydrogen-bond donors (Lipinski definition) is 1. The van der Waals surface area contributed by atoms with Gasteiger partial charge in [-0.25, -0.2) is 13.6 Å². The molecule has 1 heterocycles. The van der Waals surface area contributed by atoms with Crippen molar-refractivity contribution in [1.82, 2.24) is 4.57 Å². The van der Waals surface area contributed by atoms with E-state index in [4.69, 9.17) is 11.6 Å². The second-order valence-electron chi connectivity index (χ2n) is 6.45. The van der Waals surface area contributed by atoms with Gasteiger partial charge in [0, 0.05) is 0 Å². The van der Waals surface area contributed by atoms with Crippen molar-refractivity contribution in [3.8, 4) is 12.3 Å². The number of aromatic nitrogens is 1. The van der Waals surface area contributed by atoms with Gasteiger partial charge in [-0.2, -0.15) is 4.99 Å². The molecule has 0 saturated heterocycles. The molecule has 2 N–H and O–H groups in total. The third-order valence-electron chi connectivity index (χ3n) is 4.38. The molecule has 1 aromatic heterocycles. The van der Waals surface area contributed by atoms with Crippen LogP contribution in [0.1, 0.15) is 16.7 Å². The number of nitrogens with zero attached hydrogens (tertiary/aromatic N) is 2. The number of carbonyl (C=O) groups is 1. The standard InChI is InChI=1S/C20H19N3O3S2/c1-4-9-23-17-8-7-16(28(21,25)26)12-18(17)27-20(23)22-19(24)11-15-6-5-13(2)14(3)10-15/h1,5-8,10,12H,9,11H2,2-3H3,(H2,21,25,26). The molecule has 6 nitrogen and oxygen atoms in total. The molecule has 0 unspecified atom stereocenters. The number of sulfonamides is 1. The molecule has 0 spiro atoms. The summed E-state index contributed by atoms with van der Waals surface area (Å²) >= 11 is 1.20. The van der Waals surface area contributed by atoms with Crippen molar-refractivity contribution in [1.29, 1.82) is 0 Å². The van der Waals surface area contributed by atoms with Crippen LogP contribution in [0.5, 0.6) is 0 Å². The maximum Gasteiger partial charge on any atom is 0.252 e. The third-order valence-corrected chi connectivity index (χ3v) is 6.33. The molecule has 3 rings (SSSR count). The number of benzene rings is 2. The highest BCUT2D eigenvalue weighted by molar-refractivity contribution is 7.89. The lowest BCUT2D eigenvalue weighted by molar-refractivity contribution is -0.117. The van der Waals surface area contributed by atoms with Gasteiger partial charge in [0.15, 0.2) is 4.80 Å². The van der Waals surface area contributed by atoms with Crippen molar-refractivity contribution in [3.05, 3.63) is 57.9 Å². The van der Waals surface area contributed by atoms with Crippen molar-refractivity contribution in [3.63, 3.8) is 0 Å². The van der Waals surface area contributed by atoms with E-state index in [9.17, 15) is 13.2 Å². The van der Waals surface area contributed by atoms with Gasteiger partial charge in [-0.3, -0.25) is 4.79 Å². The largest absolute Gasteiger partial charge is 0.305 e. The van der Waals surface area contributed by atoms with E-state index in [1.54, 1.807) is 10.6 Å². The molecule has 8 heteroatoms. The minimum atomic E-state index is -3.82. The molecule has 0 fully saturated rings. The Hall–Kier alpha value is -2.73. The average Bonchev–Trinajstić information content (AvgIpc) is 2.94. The van der Waals surface area contributed by atoms with E-state index in [1.807, 2.05) is 32.0 Å². The molecule has 0 radical (unpaired) electrons. The first-order valence-electron chi connectivity index (χ1n) is 8.42. The monoisotopic (exact) mass is 413 g/mol. The normalized spacial score (nSPS) is 12.3. The van der Waals surface area contributed by atoms with Gasteiger partial charge in [0.2, 0.25) is 10.0 Å². The number of thiazole rings is 1. The van der Waals surface area contributed by atoms with Crippen LogP contribution in [0.2, 0.25) is 0 Å². The maximum atomic E-state index is 12.5. The lowest BCUT2D eigenvalue weighted by Gasteiger charge is -2.03. The van der Waals surface area contributed by atoms with Gasteiger partial charge in [0.05, 0.1) is 28.1 Å². The van der Waals surface area contributed by atoms with Gasteiger partial charge in [0.1, 0.15) is 0 Å². The first-order chi connectivity index (χ1) is 13.2. The average molecular weight is 414 g/mol. The van der Waals surface area contributed by atoms with Crippen LogP contribution in [0.15, 0.2) is 46.3 Å². The Morgan fingerprint density at radius 2 is 1.96 bits per heavy atom. The number of amides is 1. The zero-order valence-corrected chi connectivity index (χ0v) is 17.1. The molecule has 0 aliphatic carbocycles. The molecule has 0 aliphatic rings. The molecule has 3 aromatic rings. The minimum Gasteiger partial charge on any atom is -0.305 e. The maximum absolute atomic E-state index is 12.5. The van der Waals surface area contributed by atoms with Crippen molar-refractivity contribution in [2.24, 2.45) is 10.1 Å². The van der Waals surface area contributed by atoms with Crippen LogP contribution in [0.3, 0.4) is 0 Å². The first-order valence-corrected chi connectivity index (χ1v) is 10.8. The summed E-state index contributed by atoms with van der Waals surface area (Å²) in [6, 6.07) is 10.4. The van der Waals surface area contributed by atoms with E-state index in [2.05, 4.69) is 10.9 Å². The molecular weight excluding hydrogens is 394 g/mol. The fourth-order valence-electron chi connectivity index (χ4n) is 2.79. The highest BCUT2D eigenvalue weighted by Crippen LogP contribution is 2.21. The molecule has 28 heavy (non-hydrogen) atoms. The Morgan fingerprint density at radius 3 is 2.61 bits per heavy atom. The van der Waals surface area contributed by atoms with Crippen LogP contribution < -0.4 is 9.94 Å². The summed E-state index contributed by atoms with van der Waals surface area (Å²) in [6.45, 7) is 4.22. The lowest BCUT2D eigenvalue weighted by atomic mass is 10.0. The number of aryl methyl sites for hydroxylation is 2. The molecule has 2 aromatic carbocycles. The van der Waals surface area contributed by atoms with Crippen molar-refractivity contribution in [2.75, 3.05) is 0 Å². The van der Waals surface area contributed by atoms with Crippen LogP contribution in [0.25, 0.3) is 10.2 Å². The zero-order valence-electron chi connectivity index (χ0n) is 15.5. The Kier molecular flexibility index (Phi) is 5.52. The third kappa shape index (κ3) is 4.22. The molecule has 0 saturated carbocycles. The summed E-state index contributed by atoms with van der Waals surface area (Å²) < 4.78 is 25.5. The first kappa shape index (κ1) is 20.0. The number of hydrogen-bond acceptors (Lipinski definition) is 4. The van der Waals surface area contributed by atoms with Crippen molar-refractivity contribution in [2.45, 2.75) is 31.7 Å². The number of primary sulfonamides is 1. The topological polar surface area (TPSA) is 94.5 Å². The summed E-state index contributed by atoms with van der Waals surface area (Å²) in [5.74, 6) is 2.24. The van der Waals surface area contributed by atoms with Gasteiger partial charge in [-0.1, -0.05) is 35.5 Å². The van der Waals surface area contributed by atoms with Gasteiger partial charge in [-0.05, 0) is 48.7 Å². The van der Waals surface area contributed by atoms with E-state index < -0.39 is 10.0 Å². The quantitative estimate of drug-likeness (QED) is 0.665. The summed E-state index contributed by atoms with van der Waals surface area (Å²) in [4.78, 5) is 17.1. The van der Waals surface area contributed by atoms with Gasteiger partial charge in [0.25, 0.3) is 5.91 Å². The molecule has 144 valence electrons. The molecule has 1 amide bonds. The smallest absolute Gasteiger partial charge is 0.252 e. The van der Waals surface area contributed by atoms with E-state index in [0.29, 0.717) is 15.0 Å². The highest BCUT2D eigenvalue weighted by Gasteiger charge is 2.13. The molecular formula is C20H19N3O3S2. The Morgan fingerprint density at radius 1 is 1.21 bits per heavy atom. The van der Waals surface area contributed by atoms with Crippen molar-refractivity contribution >= 4 is 37.5 Å². The number of nitrogens with two attached hydrogens (primary N) is 1. The fourth-order valence-corrected chi connectivity index (χ4v) is 4.49. The SMILES string of the molecule is C#CCn1c(=NC(=O)Cc2ccc(C)c(C)c2)sc2cc(S(N)(=O)=O)ccc21. The minimum absolute atomic E-state index is 0.00196. The van der Waals surface area contributed by atoms with E-state index in [0.717, 1.165) is 16.7 Å². The summed E-state index contributed by atoms with van der Waals surface area (Å²) in [7, 11) is -3.82. The van der Waals surface area contributed by atoms with Gasteiger partial charge < -0.3 is 4.57 Å². The second kappa shape index (κ2) is 7.72. The zero-order chi connectivity index (χ0) is 20.5. The summed E-state index contributed by atoms with van der Waals surface area (Å²) in [5, 5.41) is 5.20. The molecule has 0 atom stereocenters. The Labute approximate surface area is 167 Å². The predicted molar refractivity (Wildman–Crippen MR) is 110 cm³/mol. The summed E-state index contributed by atoms with van der Waals surface area (Å²) in [5.41, 5.74) is 3.87. The molecule has 0 bridgehead atoms. The second-order valence-corrected chi connectivity index (χ2v) is 9.02. The summed E-state index contributed by atoms with van der Waals surface area (Å²) in [6.07, 6.45) is 5.63. The predicted octanol–water partition coefficient (Wildman–Crippen LogP) is 2.27. The van der Waals surface area contributed by atoms with E-state index in [-0.39, 0.29) is 23.8 Å². The van der Waals surface area contributed by atoms with Crippen LogP contribution in [0, 0.1) is 26.2 Å². The fraction of sp³-hybridized carbons (Fsp3) is 0.200. The lowest BCUT2D eigenvalue weighted by Crippen LogP contribution is -2.17. The number of terminal acetylenes is 1. The number of carbonyl (C=O) groups excluding carboxylic acids is 1. The highest BCUT2D eigenvalue weighted by atomic mass is 32.2. The van der Waals surface area contributed by atoms with Gasteiger partial charge in [-0.15, -0.1) is 6.42 Å². The van der Waals surface area contributed by atoms with Crippen molar-refractivity contribution < 1.29 is 13.2 Å². The Balaban J connectivity index is 2.04. The molecule has 0 aliphatic heterocycles. The van der Waals surface area contributed by atoms with Crippen LogP contribution in [-0.4, -0.2) is 18.9 Å². The van der Waals surface area contributed by atoms with Gasteiger partial charge >= 0.3 is 0 Å². The van der Waals surface area contributed by atoms with Crippen LogP contribution in [0.4, 0.5) is 0 Å². The van der Waals surface area contributed by atoms with E-state index >= 15 is 0 Å². The Bertz CT molecular complexity index is 1290. The van der Waals surface area contributed by atoms with Crippen LogP contribution in [-0.2, 0) is 27.8 Å². The number of rotatable bonds is 4. The van der Waals surface area contributed by atoms with Crippen LogP contribution >= 0.6 is 11.3 Å².